The monoisotopic (exact) mass is 264 g/mol. The van der Waals surface area contributed by atoms with Gasteiger partial charge < -0.3 is 0 Å². The second kappa shape index (κ2) is 5.77. The van der Waals surface area contributed by atoms with Crippen molar-refractivity contribution >= 4 is 23.6 Å². The van der Waals surface area contributed by atoms with E-state index in [1.54, 1.807) is 6.08 Å². The minimum absolute atomic E-state index is 0.112. The lowest BCUT2D eigenvalue weighted by Gasteiger charge is -2.12. The van der Waals surface area contributed by atoms with Crippen molar-refractivity contribution in [2.24, 2.45) is 0 Å². The molecule has 6 heteroatoms. The number of rotatable bonds is 5. The van der Waals surface area contributed by atoms with E-state index in [2.05, 4.69) is 0 Å². The van der Waals surface area contributed by atoms with Crippen molar-refractivity contribution in [3.05, 3.63) is 12.3 Å². The fraction of sp³-hybridized carbons (Fsp3) is 0.538. The molecule has 0 spiro atoms. The van der Waals surface area contributed by atoms with Crippen molar-refractivity contribution in [3.8, 4) is 0 Å². The zero-order valence-electron chi connectivity index (χ0n) is 10.6. The third kappa shape index (κ3) is 3.07. The molecular formula is C13H16N2O4. The van der Waals surface area contributed by atoms with Gasteiger partial charge in [0.25, 0.3) is 0 Å². The van der Waals surface area contributed by atoms with Crippen LogP contribution in [0.5, 0.6) is 0 Å². The van der Waals surface area contributed by atoms with Crippen LogP contribution in [-0.2, 0) is 19.2 Å². The molecular weight excluding hydrogens is 248 g/mol. The summed E-state index contributed by atoms with van der Waals surface area (Å²) in [7, 11) is 0. The Morgan fingerprint density at radius 2 is 1.37 bits per heavy atom. The first kappa shape index (κ1) is 13.5. The molecule has 0 aromatic heterocycles. The average molecular weight is 264 g/mol. The van der Waals surface area contributed by atoms with Gasteiger partial charge in [-0.25, -0.2) is 0 Å². The minimum Gasteiger partial charge on any atom is -0.283 e. The van der Waals surface area contributed by atoms with Gasteiger partial charge in [0.15, 0.2) is 0 Å². The number of imide groups is 2. The van der Waals surface area contributed by atoms with Gasteiger partial charge in [-0.05, 0) is 12.8 Å². The Morgan fingerprint density at radius 3 is 1.95 bits per heavy atom. The lowest BCUT2D eigenvalue weighted by Crippen LogP contribution is -2.29. The van der Waals surface area contributed by atoms with Crippen LogP contribution in [0.4, 0.5) is 0 Å². The van der Waals surface area contributed by atoms with Crippen molar-refractivity contribution in [2.75, 3.05) is 6.54 Å². The number of carbonyl (C=O) groups excluding carboxylic acids is 4. The van der Waals surface area contributed by atoms with E-state index in [1.165, 1.54) is 11.1 Å². The van der Waals surface area contributed by atoms with Gasteiger partial charge in [-0.3, -0.25) is 29.0 Å². The van der Waals surface area contributed by atoms with E-state index in [-0.39, 0.29) is 36.5 Å². The molecule has 0 atom stereocenters. The molecule has 2 fully saturated rings. The Hall–Kier alpha value is -1.98. The third-order valence-electron chi connectivity index (χ3n) is 3.25. The molecule has 102 valence electrons. The van der Waals surface area contributed by atoms with Gasteiger partial charge in [0, 0.05) is 38.4 Å². The predicted octanol–water partition coefficient (Wildman–Crippen LogP) is 0.578. The van der Waals surface area contributed by atoms with E-state index in [0.29, 0.717) is 32.2 Å². The number of hydrogen-bond acceptors (Lipinski definition) is 4. The van der Waals surface area contributed by atoms with Crippen LogP contribution < -0.4 is 0 Å². The quantitative estimate of drug-likeness (QED) is 0.537. The summed E-state index contributed by atoms with van der Waals surface area (Å²) < 4.78 is 0. The molecule has 2 heterocycles. The molecule has 0 aromatic carbocycles. The Kier molecular flexibility index (Phi) is 4.09. The predicted molar refractivity (Wildman–Crippen MR) is 65.4 cm³/mol. The maximum absolute atomic E-state index is 11.3. The highest BCUT2D eigenvalue weighted by Gasteiger charge is 2.28. The van der Waals surface area contributed by atoms with Crippen molar-refractivity contribution in [1.29, 1.82) is 0 Å². The van der Waals surface area contributed by atoms with Crippen LogP contribution in [0.25, 0.3) is 0 Å². The van der Waals surface area contributed by atoms with Gasteiger partial charge in [0.1, 0.15) is 0 Å². The molecule has 2 saturated heterocycles. The Bertz CT molecular complexity index is 424. The Balaban J connectivity index is 1.72. The first-order valence-electron chi connectivity index (χ1n) is 6.44. The molecule has 19 heavy (non-hydrogen) atoms. The molecule has 0 aliphatic carbocycles. The zero-order valence-corrected chi connectivity index (χ0v) is 10.6. The average Bonchev–Trinajstić information content (AvgIpc) is 2.86. The highest BCUT2D eigenvalue weighted by molar-refractivity contribution is 6.03. The maximum Gasteiger partial charge on any atom is 0.233 e. The standard InChI is InChI=1S/C13H16N2O4/c16-10-4-5-11(17)14(10)8-2-1-3-9-15-12(18)6-7-13(15)19/h2,8H,1,3-7,9H2. The van der Waals surface area contributed by atoms with Crippen molar-refractivity contribution < 1.29 is 19.2 Å². The Labute approximate surface area is 111 Å². The maximum atomic E-state index is 11.3. The van der Waals surface area contributed by atoms with E-state index in [1.807, 2.05) is 0 Å². The molecule has 0 unspecified atom stereocenters. The number of allylic oxidation sites excluding steroid dienone is 1. The second-order valence-electron chi connectivity index (χ2n) is 4.62. The van der Waals surface area contributed by atoms with E-state index in [0.717, 1.165) is 4.90 Å². The number of carbonyl (C=O) groups is 4. The summed E-state index contributed by atoms with van der Waals surface area (Å²) in [6, 6.07) is 0. The van der Waals surface area contributed by atoms with Crippen LogP contribution in [0.15, 0.2) is 12.3 Å². The van der Waals surface area contributed by atoms with Crippen LogP contribution in [0.2, 0.25) is 0 Å². The van der Waals surface area contributed by atoms with E-state index < -0.39 is 0 Å². The van der Waals surface area contributed by atoms with Crippen LogP contribution in [0.3, 0.4) is 0 Å². The molecule has 0 N–H and O–H groups in total. The number of hydrogen-bond donors (Lipinski definition) is 0. The fourth-order valence-electron chi connectivity index (χ4n) is 2.18. The highest BCUT2D eigenvalue weighted by Crippen LogP contribution is 2.14. The van der Waals surface area contributed by atoms with Crippen LogP contribution in [0, 0.1) is 0 Å². The van der Waals surface area contributed by atoms with Gasteiger partial charge in [0.2, 0.25) is 23.6 Å². The summed E-state index contributed by atoms with van der Waals surface area (Å²) in [6.45, 7) is 0.407. The van der Waals surface area contributed by atoms with Crippen LogP contribution in [0.1, 0.15) is 38.5 Å². The Morgan fingerprint density at radius 1 is 0.842 bits per heavy atom. The fourth-order valence-corrected chi connectivity index (χ4v) is 2.18. The molecule has 0 bridgehead atoms. The van der Waals surface area contributed by atoms with Gasteiger partial charge >= 0.3 is 0 Å². The number of amides is 4. The SMILES string of the molecule is O=C1CCC(=O)N1C=CCCCN1C(=O)CCC1=O. The largest absolute Gasteiger partial charge is 0.283 e. The van der Waals surface area contributed by atoms with Crippen molar-refractivity contribution in [3.63, 3.8) is 0 Å². The van der Waals surface area contributed by atoms with E-state index in [4.69, 9.17) is 0 Å². The summed E-state index contributed by atoms with van der Waals surface area (Å²) in [5, 5.41) is 0. The van der Waals surface area contributed by atoms with Crippen molar-refractivity contribution in [2.45, 2.75) is 38.5 Å². The summed E-state index contributed by atoms with van der Waals surface area (Å²) in [5.74, 6) is -0.574. The molecule has 0 radical (unpaired) electrons. The number of unbranched alkanes of at least 4 members (excludes halogenated alkanes) is 1. The minimum atomic E-state index is -0.175. The van der Waals surface area contributed by atoms with Gasteiger partial charge in [-0.15, -0.1) is 0 Å². The molecule has 6 nitrogen and oxygen atoms in total. The third-order valence-corrected chi connectivity index (χ3v) is 3.25. The van der Waals surface area contributed by atoms with Gasteiger partial charge in [-0.2, -0.15) is 0 Å². The first-order chi connectivity index (χ1) is 9.09. The molecule has 2 aliphatic rings. The smallest absolute Gasteiger partial charge is 0.233 e. The van der Waals surface area contributed by atoms with E-state index in [9.17, 15) is 19.2 Å². The summed E-state index contributed by atoms with van der Waals surface area (Å²) in [4.78, 5) is 47.7. The summed E-state index contributed by atoms with van der Waals surface area (Å²) in [5.41, 5.74) is 0. The van der Waals surface area contributed by atoms with Crippen LogP contribution in [-0.4, -0.2) is 40.0 Å². The lowest BCUT2D eigenvalue weighted by molar-refractivity contribution is -0.138. The zero-order chi connectivity index (χ0) is 13.8. The highest BCUT2D eigenvalue weighted by atomic mass is 16.2. The lowest BCUT2D eigenvalue weighted by atomic mass is 10.3. The molecule has 2 rings (SSSR count). The van der Waals surface area contributed by atoms with Gasteiger partial charge in [0.05, 0.1) is 0 Å². The van der Waals surface area contributed by atoms with Gasteiger partial charge in [-0.1, -0.05) is 6.08 Å². The normalized spacial score (nSPS) is 20.4. The molecule has 0 aromatic rings. The number of nitrogens with zero attached hydrogens (tertiary/aromatic N) is 2. The molecule has 0 saturated carbocycles. The molecule has 2 aliphatic heterocycles. The summed E-state index contributed by atoms with van der Waals surface area (Å²) in [6.07, 6.45) is 5.66. The molecule has 4 amide bonds. The first-order valence-corrected chi connectivity index (χ1v) is 6.44. The van der Waals surface area contributed by atoms with Crippen molar-refractivity contribution in [1.82, 2.24) is 9.80 Å². The van der Waals surface area contributed by atoms with E-state index >= 15 is 0 Å². The summed E-state index contributed by atoms with van der Waals surface area (Å²) >= 11 is 0. The van der Waals surface area contributed by atoms with Crippen LogP contribution >= 0.6 is 0 Å². The number of likely N-dealkylation sites (tertiary alicyclic amines) is 2. The topological polar surface area (TPSA) is 74.8 Å². The second-order valence-corrected chi connectivity index (χ2v) is 4.62.